The molecule has 0 saturated carbocycles. The molecule has 0 bridgehead atoms. The molecular weight excluding hydrogens is 432 g/mol. The molecule has 0 unspecified atom stereocenters. The maximum atomic E-state index is 13.1. The minimum Gasteiger partial charge on any atom is -0.464 e. The summed E-state index contributed by atoms with van der Waals surface area (Å²) in [6, 6.07) is 7.21. The normalized spacial score (nSPS) is 16.6. The highest BCUT2D eigenvalue weighted by Gasteiger charge is 2.32. The summed E-state index contributed by atoms with van der Waals surface area (Å²) in [7, 11) is 0. The van der Waals surface area contributed by atoms with Crippen LogP contribution in [0.25, 0.3) is 0 Å². The lowest BCUT2D eigenvalue weighted by molar-refractivity contribution is -0.145. The van der Waals surface area contributed by atoms with E-state index in [1.165, 1.54) is 0 Å². The van der Waals surface area contributed by atoms with Gasteiger partial charge in [-0.05, 0) is 50.2 Å². The van der Waals surface area contributed by atoms with Crippen molar-refractivity contribution in [2.75, 3.05) is 13.2 Å². The van der Waals surface area contributed by atoms with Gasteiger partial charge in [0.25, 0.3) is 0 Å². The van der Waals surface area contributed by atoms with E-state index < -0.39 is 5.92 Å². The summed E-state index contributed by atoms with van der Waals surface area (Å²) in [4.78, 5) is 39.5. The largest absolute Gasteiger partial charge is 0.464 e. The van der Waals surface area contributed by atoms with Gasteiger partial charge in [-0.15, -0.1) is 13.2 Å². The number of nitrogens with one attached hydrogen (secondary N) is 1. The van der Waals surface area contributed by atoms with Gasteiger partial charge in [0.2, 0.25) is 11.8 Å². The monoisotopic (exact) mass is 470 g/mol. The molecule has 2 N–H and O–H groups in total. The summed E-state index contributed by atoms with van der Waals surface area (Å²) in [6.45, 7) is 9.51. The van der Waals surface area contributed by atoms with Crippen molar-refractivity contribution in [1.82, 2.24) is 10.2 Å². The number of carbonyl (C=O) groups excluding carboxylic acids is 3. The number of unbranched alkanes of at least 4 members (excludes halogenated alkanes) is 2. The lowest BCUT2D eigenvalue weighted by atomic mass is 9.92. The molecule has 0 radical (unpaired) electrons. The number of ether oxygens (including phenoxy) is 1. The van der Waals surface area contributed by atoms with Gasteiger partial charge in [0.05, 0.1) is 24.6 Å². The fraction of sp³-hybridized carbons (Fsp3) is 0.519. The summed E-state index contributed by atoms with van der Waals surface area (Å²) in [6.07, 6.45) is 7.24. The van der Waals surface area contributed by atoms with Gasteiger partial charge in [-0.1, -0.05) is 36.4 Å². The van der Waals surface area contributed by atoms with E-state index >= 15 is 0 Å². The van der Waals surface area contributed by atoms with Crippen LogP contribution in [0.15, 0.2) is 49.6 Å². The highest BCUT2D eigenvalue weighted by atomic mass is 16.5. The Morgan fingerprint density at radius 1 is 1.21 bits per heavy atom. The number of fused-ring (bicyclic) bond motifs is 1. The molecule has 1 aromatic rings. The van der Waals surface area contributed by atoms with Crippen molar-refractivity contribution in [2.45, 2.75) is 70.5 Å². The van der Waals surface area contributed by atoms with Crippen LogP contribution in [0.5, 0.6) is 0 Å². The second-order valence-electron chi connectivity index (χ2n) is 8.88. The number of aliphatic hydroxyl groups excluding tert-OH is 1. The van der Waals surface area contributed by atoms with Crippen LogP contribution in [-0.2, 0) is 32.1 Å². The van der Waals surface area contributed by atoms with E-state index in [0.717, 1.165) is 30.4 Å². The standard InChI is InChI=1S/C27H38N2O5/c1-4-6-7-8-14-26(32)34-19-20(3)28-27(33)22(11-5-2)16-25(31)29-17-23-13-10-9-12-21(23)15-24(29)18-30/h4-5,9-10,12-13,20,22,24,30H,1-2,6-8,11,14-19H2,3H3,(H,28,33)/t20-,22+,24-/m0/s1. The quantitative estimate of drug-likeness (QED) is 0.247. The van der Waals surface area contributed by atoms with Gasteiger partial charge >= 0.3 is 5.97 Å². The van der Waals surface area contributed by atoms with Crippen LogP contribution < -0.4 is 5.32 Å². The number of aliphatic hydroxyl groups is 1. The summed E-state index contributed by atoms with van der Waals surface area (Å²) in [5.74, 6) is -1.32. The molecule has 7 heteroatoms. The van der Waals surface area contributed by atoms with Crippen LogP contribution in [0.3, 0.4) is 0 Å². The van der Waals surface area contributed by atoms with E-state index in [2.05, 4.69) is 18.5 Å². The molecule has 3 atom stereocenters. The number of hydrogen-bond donors (Lipinski definition) is 2. The smallest absolute Gasteiger partial charge is 0.305 e. The molecule has 0 aliphatic carbocycles. The Morgan fingerprint density at radius 3 is 2.62 bits per heavy atom. The molecule has 1 aliphatic rings. The Bertz CT molecular complexity index is 853. The fourth-order valence-electron chi connectivity index (χ4n) is 4.11. The maximum absolute atomic E-state index is 13.1. The first kappa shape index (κ1) is 27.3. The number of benzene rings is 1. The molecule has 2 rings (SSSR count). The number of nitrogens with zero attached hydrogens (tertiary/aromatic N) is 1. The minimum atomic E-state index is -0.585. The lowest BCUT2D eigenvalue weighted by Crippen LogP contribution is -2.48. The van der Waals surface area contributed by atoms with Gasteiger partial charge in [0, 0.05) is 19.4 Å². The van der Waals surface area contributed by atoms with Gasteiger partial charge in [0.15, 0.2) is 0 Å². The number of amides is 2. The summed E-state index contributed by atoms with van der Waals surface area (Å²) in [5, 5.41) is 12.7. The first-order valence-electron chi connectivity index (χ1n) is 12.0. The molecule has 0 aromatic heterocycles. The van der Waals surface area contributed by atoms with Gasteiger partial charge < -0.3 is 20.1 Å². The van der Waals surface area contributed by atoms with Crippen molar-refractivity contribution in [2.24, 2.45) is 5.92 Å². The fourth-order valence-corrected chi connectivity index (χ4v) is 4.11. The van der Waals surface area contributed by atoms with Crippen LogP contribution >= 0.6 is 0 Å². The van der Waals surface area contributed by atoms with E-state index in [0.29, 0.717) is 25.8 Å². The average molecular weight is 471 g/mol. The molecular formula is C27H38N2O5. The van der Waals surface area contributed by atoms with Crippen molar-refractivity contribution in [3.05, 3.63) is 60.7 Å². The Hall–Kier alpha value is -2.93. The van der Waals surface area contributed by atoms with Crippen molar-refractivity contribution < 1.29 is 24.2 Å². The molecule has 7 nitrogen and oxygen atoms in total. The van der Waals surface area contributed by atoms with Crippen molar-refractivity contribution >= 4 is 17.8 Å². The SMILES string of the molecule is C=CCCCCC(=O)OC[C@H](C)NC(=O)[C@H](CC=C)CC(=O)N1Cc2ccccc2C[C@H]1CO. The lowest BCUT2D eigenvalue weighted by Gasteiger charge is -2.36. The zero-order chi connectivity index (χ0) is 24.9. The molecule has 34 heavy (non-hydrogen) atoms. The second kappa shape index (κ2) is 14.4. The molecule has 1 heterocycles. The van der Waals surface area contributed by atoms with Gasteiger partial charge in [-0.25, -0.2) is 0 Å². The second-order valence-corrected chi connectivity index (χ2v) is 8.88. The zero-order valence-corrected chi connectivity index (χ0v) is 20.2. The number of hydrogen-bond acceptors (Lipinski definition) is 5. The van der Waals surface area contributed by atoms with Crippen molar-refractivity contribution in [3.8, 4) is 0 Å². The average Bonchev–Trinajstić information content (AvgIpc) is 2.84. The third-order valence-electron chi connectivity index (χ3n) is 6.05. The first-order valence-corrected chi connectivity index (χ1v) is 12.0. The molecule has 0 spiro atoms. The van der Waals surface area contributed by atoms with Gasteiger partial charge in [0.1, 0.15) is 6.61 Å². The van der Waals surface area contributed by atoms with Crippen molar-refractivity contribution in [1.29, 1.82) is 0 Å². The van der Waals surface area contributed by atoms with E-state index in [4.69, 9.17) is 4.74 Å². The third-order valence-corrected chi connectivity index (χ3v) is 6.05. The van der Waals surface area contributed by atoms with Gasteiger partial charge in [-0.3, -0.25) is 14.4 Å². The third kappa shape index (κ3) is 8.45. The Morgan fingerprint density at radius 2 is 1.94 bits per heavy atom. The first-order chi connectivity index (χ1) is 16.4. The molecule has 1 aromatic carbocycles. The minimum absolute atomic E-state index is 0.0202. The highest BCUT2D eigenvalue weighted by Crippen LogP contribution is 2.25. The van der Waals surface area contributed by atoms with E-state index in [9.17, 15) is 19.5 Å². The topological polar surface area (TPSA) is 95.9 Å². The molecule has 1 aliphatic heterocycles. The number of allylic oxidation sites excluding steroid dienone is 2. The Kier molecular flexibility index (Phi) is 11.5. The number of rotatable bonds is 14. The molecule has 2 amide bonds. The zero-order valence-electron chi connectivity index (χ0n) is 20.2. The van der Waals surface area contributed by atoms with Crippen molar-refractivity contribution in [3.63, 3.8) is 0 Å². The number of esters is 1. The predicted octanol–water partition coefficient (Wildman–Crippen LogP) is 3.31. The predicted molar refractivity (Wildman–Crippen MR) is 132 cm³/mol. The van der Waals surface area contributed by atoms with Crippen LogP contribution in [0.2, 0.25) is 0 Å². The van der Waals surface area contributed by atoms with Gasteiger partial charge in [-0.2, -0.15) is 0 Å². The maximum Gasteiger partial charge on any atom is 0.305 e. The molecule has 0 fully saturated rings. The summed E-state index contributed by atoms with van der Waals surface area (Å²) < 4.78 is 5.26. The van der Waals surface area contributed by atoms with Crippen LogP contribution in [0.1, 0.15) is 56.6 Å². The van der Waals surface area contributed by atoms with Crippen LogP contribution in [0.4, 0.5) is 0 Å². The highest BCUT2D eigenvalue weighted by molar-refractivity contribution is 5.86. The Balaban J connectivity index is 1.89. The van der Waals surface area contributed by atoms with Crippen LogP contribution in [-0.4, -0.2) is 53.1 Å². The Labute approximate surface area is 202 Å². The van der Waals surface area contributed by atoms with E-state index in [1.807, 2.05) is 30.3 Å². The summed E-state index contributed by atoms with van der Waals surface area (Å²) in [5.41, 5.74) is 2.19. The van der Waals surface area contributed by atoms with E-state index in [-0.39, 0.29) is 49.5 Å². The summed E-state index contributed by atoms with van der Waals surface area (Å²) >= 11 is 0. The van der Waals surface area contributed by atoms with E-state index in [1.54, 1.807) is 17.9 Å². The molecule has 186 valence electrons. The molecule has 0 saturated heterocycles. The number of carbonyl (C=O) groups is 3. The van der Waals surface area contributed by atoms with Crippen LogP contribution in [0, 0.1) is 5.92 Å².